The van der Waals surface area contributed by atoms with E-state index in [1.54, 1.807) is 6.08 Å². The predicted molar refractivity (Wildman–Crippen MR) is 118 cm³/mol. The number of nitrogens with one attached hydrogen (secondary N) is 1. The average Bonchev–Trinajstić information content (AvgIpc) is 3.17. The molecule has 2 aromatic carbocycles. The molecule has 0 spiro atoms. The highest BCUT2D eigenvalue weighted by Gasteiger charge is 2.07. The molecule has 4 nitrogen and oxygen atoms in total. The number of aromatic nitrogens is 1. The molecule has 0 saturated carbocycles. The molecule has 0 aliphatic heterocycles. The molecule has 144 valence electrons. The summed E-state index contributed by atoms with van der Waals surface area (Å²) in [5, 5.41) is 4.49. The summed E-state index contributed by atoms with van der Waals surface area (Å²) in [4.78, 5) is 16.9. The van der Waals surface area contributed by atoms with E-state index in [4.69, 9.17) is 16.0 Å². The summed E-state index contributed by atoms with van der Waals surface area (Å²) in [6, 6.07) is 19.0. The van der Waals surface area contributed by atoms with Crippen LogP contribution in [0.1, 0.15) is 17.0 Å². The number of halogens is 1. The Kier molecular flexibility index (Phi) is 5.19. The first-order valence-corrected chi connectivity index (χ1v) is 9.59. The third kappa shape index (κ3) is 4.23. The van der Waals surface area contributed by atoms with Gasteiger partial charge >= 0.3 is 0 Å². The van der Waals surface area contributed by atoms with Gasteiger partial charge in [-0.15, -0.1) is 0 Å². The van der Waals surface area contributed by atoms with Gasteiger partial charge in [-0.2, -0.15) is 0 Å². The van der Waals surface area contributed by atoms with Crippen molar-refractivity contribution in [1.82, 2.24) is 4.98 Å². The van der Waals surface area contributed by atoms with Gasteiger partial charge < -0.3 is 9.73 Å². The van der Waals surface area contributed by atoms with E-state index in [1.807, 2.05) is 74.5 Å². The zero-order chi connectivity index (χ0) is 20.4. The number of rotatable bonds is 4. The topological polar surface area (TPSA) is 55.1 Å². The van der Waals surface area contributed by atoms with E-state index in [1.165, 1.54) is 6.08 Å². The van der Waals surface area contributed by atoms with Gasteiger partial charge in [0.2, 0.25) is 5.91 Å². The second-order valence-corrected chi connectivity index (χ2v) is 7.22. The number of hydrogen-bond acceptors (Lipinski definition) is 3. The fourth-order valence-electron chi connectivity index (χ4n) is 3.04. The van der Waals surface area contributed by atoms with Crippen molar-refractivity contribution in [2.24, 2.45) is 0 Å². The normalized spacial score (nSPS) is 11.3. The second kappa shape index (κ2) is 7.94. The second-order valence-electron chi connectivity index (χ2n) is 6.81. The van der Waals surface area contributed by atoms with Gasteiger partial charge in [0.15, 0.2) is 0 Å². The van der Waals surface area contributed by atoms with Crippen molar-refractivity contribution in [1.29, 1.82) is 0 Å². The SMILES string of the molecule is Cc1ccc2c(NC(=O)/C=C/c3ccc(-c4ccc(C)c(Cl)c4)o3)cccc2n1. The van der Waals surface area contributed by atoms with Crippen molar-refractivity contribution >= 4 is 40.2 Å². The molecule has 0 aliphatic rings. The minimum Gasteiger partial charge on any atom is -0.457 e. The maximum atomic E-state index is 12.4. The molecule has 2 heterocycles. The van der Waals surface area contributed by atoms with Crippen molar-refractivity contribution < 1.29 is 9.21 Å². The van der Waals surface area contributed by atoms with Gasteiger partial charge in [0.1, 0.15) is 11.5 Å². The maximum Gasteiger partial charge on any atom is 0.248 e. The number of pyridine rings is 1. The van der Waals surface area contributed by atoms with Crippen LogP contribution in [0.3, 0.4) is 0 Å². The lowest BCUT2D eigenvalue weighted by Gasteiger charge is -2.07. The highest BCUT2D eigenvalue weighted by atomic mass is 35.5. The van der Waals surface area contributed by atoms with Crippen LogP contribution in [0.5, 0.6) is 0 Å². The molecule has 0 saturated heterocycles. The van der Waals surface area contributed by atoms with Crippen LogP contribution in [0.15, 0.2) is 71.2 Å². The van der Waals surface area contributed by atoms with Crippen molar-refractivity contribution in [3.63, 3.8) is 0 Å². The monoisotopic (exact) mass is 402 g/mol. The Hall–Kier alpha value is -3.37. The highest BCUT2D eigenvalue weighted by Crippen LogP contribution is 2.27. The Morgan fingerprint density at radius 2 is 1.93 bits per heavy atom. The maximum absolute atomic E-state index is 12.4. The minimum atomic E-state index is -0.241. The van der Waals surface area contributed by atoms with Crippen LogP contribution in [0.25, 0.3) is 28.3 Å². The zero-order valence-corrected chi connectivity index (χ0v) is 16.8. The molecule has 0 aliphatic carbocycles. The van der Waals surface area contributed by atoms with Crippen molar-refractivity contribution in [3.05, 3.63) is 88.8 Å². The minimum absolute atomic E-state index is 0.241. The quantitative estimate of drug-likeness (QED) is 0.401. The number of aryl methyl sites for hydroxylation is 2. The molecule has 1 amide bonds. The number of carbonyl (C=O) groups is 1. The molecule has 1 N–H and O–H groups in total. The Labute approximate surface area is 173 Å². The molecule has 4 rings (SSSR count). The number of benzene rings is 2. The van der Waals surface area contributed by atoms with Crippen LogP contribution in [0.4, 0.5) is 5.69 Å². The van der Waals surface area contributed by atoms with Crippen LogP contribution in [-0.2, 0) is 4.79 Å². The first-order chi connectivity index (χ1) is 14.0. The number of carbonyl (C=O) groups excluding carboxylic acids is 1. The van der Waals surface area contributed by atoms with E-state index < -0.39 is 0 Å². The molecule has 4 aromatic rings. The van der Waals surface area contributed by atoms with Gasteiger partial charge in [-0.3, -0.25) is 9.78 Å². The molecule has 0 atom stereocenters. The Balaban J connectivity index is 1.49. The van der Waals surface area contributed by atoms with E-state index >= 15 is 0 Å². The Morgan fingerprint density at radius 3 is 2.76 bits per heavy atom. The van der Waals surface area contributed by atoms with Crippen LogP contribution in [0.2, 0.25) is 5.02 Å². The zero-order valence-electron chi connectivity index (χ0n) is 16.1. The molecule has 5 heteroatoms. The lowest BCUT2D eigenvalue weighted by Crippen LogP contribution is -2.08. The van der Waals surface area contributed by atoms with E-state index in [0.717, 1.165) is 33.4 Å². The largest absolute Gasteiger partial charge is 0.457 e. The number of fused-ring (bicyclic) bond motifs is 1. The first kappa shape index (κ1) is 19.0. The molecule has 0 unspecified atom stereocenters. The molecule has 0 radical (unpaired) electrons. The molecule has 29 heavy (non-hydrogen) atoms. The summed E-state index contributed by atoms with van der Waals surface area (Å²) < 4.78 is 5.81. The number of hydrogen-bond donors (Lipinski definition) is 1. The van der Waals surface area contributed by atoms with Crippen LogP contribution < -0.4 is 5.32 Å². The summed E-state index contributed by atoms with van der Waals surface area (Å²) >= 11 is 6.19. The molecule has 0 bridgehead atoms. The fraction of sp³-hybridized carbons (Fsp3) is 0.0833. The standard InChI is InChI=1S/C24H19ClN2O2/c1-15-6-8-17(14-20(15)25)23-12-9-18(29-23)10-13-24(28)27-22-5-3-4-21-19(22)11-7-16(2)26-21/h3-14H,1-2H3,(H,27,28)/b13-10+. The summed E-state index contributed by atoms with van der Waals surface area (Å²) in [6.45, 7) is 3.89. The average molecular weight is 403 g/mol. The summed E-state index contributed by atoms with van der Waals surface area (Å²) in [7, 11) is 0. The van der Waals surface area contributed by atoms with Gasteiger partial charge in [0.25, 0.3) is 0 Å². The van der Waals surface area contributed by atoms with Gasteiger partial charge in [0.05, 0.1) is 11.2 Å². The summed E-state index contributed by atoms with van der Waals surface area (Å²) in [5.41, 5.74) is 4.41. The van der Waals surface area contributed by atoms with Crippen molar-refractivity contribution in [2.45, 2.75) is 13.8 Å². The van der Waals surface area contributed by atoms with Gasteiger partial charge in [-0.05, 0) is 68.0 Å². The van der Waals surface area contributed by atoms with E-state index in [0.29, 0.717) is 16.5 Å². The Bertz CT molecular complexity index is 1240. The number of amides is 1. The highest BCUT2D eigenvalue weighted by molar-refractivity contribution is 6.31. The molecule has 2 aromatic heterocycles. The van der Waals surface area contributed by atoms with Crippen LogP contribution in [0, 0.1) is 13.8 Å². The first-order valence-electron chi connectivity index (χ1n) is 9.21. The van der Waals surface area contributed by atoms with Gasteiger partial charge in [-0.1, -0.05) is 29.8 Å². The smallest absolute Gasteiger partial charge is 0.248 e. The number of furan rings is 1. The van der Waals surface area contributed by atoms with E-state index in [9.17, 15) is 4.79 Å². The van der Waals surface area contributed by atoms with Crippen molar-refractivity contribution in [3.8, 4) is 11.3 Å². The molecular formula is C24H19ClN2O2. The van der Waals surface area contributed by atoms with E-state index in [-0.39, 0.29) is 5.91 Å². The number of anilines is 1. The van der Waals surface area contributed by atoms with Crippen molar-refractivity contribution in [2.75, 3.05) is 5.32 Å². The van der Waals surface area contributed by atoms with Gasteiger partial charge in [-0.25, -0.2) is 0 Å². The van der Waals surface area contributed by atoms with Crippen LogP contribution >= 0.6 is 11.6 Å². The third-order valence-corrected chi connectivity index (χ3v) is 5.02. The lowest BCUT2D eigenvalue weighted by atomic mass is 10.1. The number of nitrogens with zero attached hydrogens (tertiary/aromatic N) is 1. The summed E-state index contributed by atoms with van der Waals surface area (Å²) in [6.07, 6.45) is 3.09. The van der Waals surface area contributed by atoms with E-state index in [2.05, 4.69) is 10.3 Å². The lowest BCUT2D eigenvalue weighted by molar-refractivity contribution is -0.111. The van der Waals surface area contributed by atoms with Crippen LogP contribution in [-0.4, -0.2) is 10.9 Å². The Morgan fingerprint density at radius 1 is 1.07 bits per heavy atom. The molecule has 0 fully saturated rings. The molecular weight excluding hydrogens is 384 g/mol. The third-order valence-electron chi connectivity index (χ3n) is 4.61. The summed E-state index contributed by atoms with van der Waals surface area (Å²) in [5.74, 6) is 1.04. The predicted octanol–water partition coefficient (Wildman–Crippen LogP) is 6.42. The fourth-order valence-corrected chi connectivity index (χ4v) is 3.22. The van der Waals surface area contributed by atoms with Gasteiger partial charge in [0, 0.05) is 27.7 Å².